The van der Waals surface area contributed by atoms with E-state index in [4.69, 9.17) is 25.0 Å². The second-order valence-corrected chi connectivity index (χ2v) is 12.3. The first-order valence-electron chi connectivity index (χ1n) is 15.2. The molecule has 3 aliphatic rings. The lowest BCUT2D eigenvalue weighted by Gasteiger charge is -2.35. The highest BCUT2D eigenvalue weighted by atomic mass is 31.2. The maximum absolute atomic E-state index is 8.89. The van der Waals surface area contributed by atoms with Crippen LogP contribution in [0.15, 0.2) is 6.07 Å². The van der Waals surface area contributed by atoms with Gasteiger partial charge in [-0.3, -0.25) is 4.90 Å². The van der Waals surface area contributed by atoms with Crippen LogP contribution < -0.4 is 26.6 Å². The van der Waals surface area contributed by atoms with E-state index in [2.05, 4.69) is 30.7 Å². The van der Waals surface area contributed by atoms with Crippen molar-refractivity contribution < 1.29 is 14.3 Å². The standard InChI is InChI=1S/C27H51N8O3P/c28-25-19-26(35-15-13-34(14-16-35)17-18-38-39(36)37)33-27(32-25)31-21-23-9-7-22(8-10-23)20-29-11-4-12-30-24-5-2-1-3-6-24/h19,22-24,29-30,36-37H,1-18,20-21H2,(H3,28,31,32,33). The van der Waals surface area contributed by atoms with Crippen molar-refractivity contribution in [2.24, 2.45) is 11.8 Å². The van der Waals surface area contributed by atoms with Gasteiger partial charge >= 0.3 is 8.60 Å². The van der Waals surface area contributed by atoms with E-state index < -0.39 is 8.60 Å². The molecule has 4 rings (SSSR count). The van der Waals surface area contributed by atoms with Crippen LogP contribution in [0.5, 0.6) is 0 Å². The molecule has 1 aliphatic heterocycles. The molecule has 39 heavy (non-hydrogen) atoms. The summed E-state index contributed by atoms with van der Waals surface area (Å²) in [6, 6.07) is 2.61. The van der Waals surface area contributed by atoms with E-state index in [9.17, 15) is 0 Å². The van der Waals surface area contributed by atoms with Crippen LogP contribution in [0.3, 0.4) is 0 Å². The largest absolute Gasteiger partial charge is 0.383 e. The van der Waals surface area contributed by atoms with E-state index in [0.29, 0.717) is 30.8 Å². The fourth-order valence-corrected chi connectivity index (χ4v) is 6.40. The molecule has 3 fully saturated rings. The van der Waals surface area contributed by atoms with Crippen molar-refractivity contribution in [1.29, 1.82) is 0 Å². The van der Waals surface area contributed by atoms with Crippen LogP contribution in [0.4, 0.5) is 17.6 Å². The minimum absolute atomic E-state index is 0.323. The van der Waals surface area contributed by atoms with Crippen molar-refractivity contribution in [2.45, 2.75) is 70.3 Å². The fraction of sp³-hybridized carbons (Fsp3) is 0.852. The van der Waals surface area contributed by atoms with Gasteiger partial charge in [-0.25, -0.2) is 0 Å². The second-order valence-electron chi connectivity index (χ2n) is 11.5. The maximum Gasteiger partial charge on any atom is 0.327 e. The van der Waals surface area contributed by atoms with Crippen molar-refractivity contribution in [1.82, 2.24) is 25.5 Å². The van der Waals surface area contributed by atoms with Gasteiger partial charge < -0.3 is 40.9 Å². The highest BCUT2D eigenvalue weighted by Gasteiger charge is 2.22. The SMILES string of the molecule is Nc1cc(N2CCN(CCOP(O)O)CC2)nc(NCC2CCC(CNCCCNC3CCCCC3)CC2)n1. The quantitative estimate of drug-likeness (QED) is 0.138. The minimum atomic E-state index is -2.28. The predicted molar refractivity (Wildman–Crippen MR) is 159 cm³/mol. The average molecular weight is 567 g/mol. The molecule has 0 atom stereocenters. The number of rotatable bonds is 15. The Morgan fingerprint density at radius 1 is 0.923 bits per heavy atom. The Labute approximate surface area is 235 Å². The van der Waals surface area contributed by atoms with Gasteiger partial charge in [0.2, 0.25) is 5.95 Å². The number of piperazine rings is 1. The third kappa shape index (κ3) is 11.2. The molecule has 2 aliphatic carbocycles. The lowest BCUT2D eigenvalue weighted by molar-refractivity contribution is 0.184. The van der Waals surface area contributed by atoms with Crippen LogP contribution in [-0.2, 0) is 4.52 Å². The Kier molecular flexibility index (Phi) is 13.2. The molecule has 0 radical (unpaired) electrons. The highest BCUT2D eigenvalue weighted by molar-refractivity contribution is 7.39. The third-order valence-corrected chi connectivity index (χ3v) is 8.97. The molecule has 12 heteroatoms. The molecule has 0 spiro atoms. The lowest BCUT2D eigenvalue weighted by atomic mass is 9.82. The average Bonchev–Trinajstić information content (AvgIpc) is 2.95. The van der Waals surface area contributed by atoms with Crippen molar-refractivity contribution in [3.63, 3.8) is 0 Å². The summed E-state index contributed by atoms with van der Waals surface area (Å²) in [4.78, 5) is 31.5. The summed E-state index contributed by atoms with van der Waals surface area (Å²) in [5.41, 5.74) is 6.13. The molecule has 0 amide bonds. The van der Waals surface area contributed by atoms with Crippen LogP contribution in [0.2, 0.25) is 0 Å². The first kappa shape index (κ1) is 30.6. The molecule has 7 N–H and O–H groups in total. The molecule has 0 unspecified atom stereocenters. The van der Waals surface area contributed by atoms with Gasteiger partial charge in [-0.2, -0.15) is 9.97 Å². The van der Waals surface area contributed by atoms with Crippen molar-refractivity contribution in [3.8, 4) is 0 Å². The van der Waals surface area contributed by atoms with Crippen LogP contribution in [-0.4, -0.2) is 96.2 Å². The molecule has 2 saturated carbocycles. The summed E-state index contributed by atoms with van der Waals surface area (Å²) in [5, 5.41) is 10.9. The van der Waals surface area contributed by atoms with Gasteiger partial charge in [0.05, 0.1) is 6.61 Å². The maximum atomic E-state index is 8.89. The number of nitrogens with one attached hydrogen (secondary N) is 3. The van der Waals surface area contributed by atoms with Gasteiger partial charge in [-0.15, -0.1) is 0 Å². The summed E-state index contributed by atoms with van der Waals surface area (Å²) in [7, 11) is -2.28. The zero-order chi connectivity index (χ0) is 27.3. The van der Waals surface area contributed by atoms with Gasteiger partial charge in [-0.05, 0) is 76.4 Å². The Hall–Kier alpha value is -1.33. The van der Waals surface area contributed by atoms with Crippen molar-refractivity contribution in [3.05, 3.63) is 6.07 Å². The first-order valence-corrected chi connectivity index (χ1v) is 16.3. The Balaban J connectivity index is 1.08. The number of nitrogen functional groups attached to an aromatic ring is 1. The van der Waals surface area contributed by atoms with Crippen LogP contribution >= 0.6 is 8.60 Å². The lowest BCUT2D eigenvalue weighted by Crippen LogP contribution is -2.47. The van der Waals surface area contributed by atoms with Crippen molar-refractivity contribution >= 4 is 26.2 Å². The van der Waals surface area contributed by atoms with E-state index in [1.54, 1.807) is 0 Å². The summed E-state index contributed by atoms with van der Waals surface area (Å²) >= 11 is 0. The molecule has 11 nitrogen and oxygen atoms in total. The van der Waals surface area contributed by atoms with E-state index in [1.807, 2.05) is 6.07 Å². The molecule has 2 heterocycles. The zero-order valence-corrected chi connectivity index (χ0v) is 24.5. The Morgan fingerprint density at radius 2 is 1.64 bits per heavy atom. The normalized spacial score (nSPS) is 23.4. The van der Waals surface area contributed by atoms with Gasteiger partial charge in [0.15, 0.2) is 0 Å². The zero-order valence-electron chi connectivity index (χ0n) is 23.6. The summed E-state index contributed by atoms with van der Waals surface area (Å²) in [6.07, 6.45) is 13.3. The predicted octanol–water partition coefficient (Wildman–Crippen LogP) is 2.53. The summed E-state index contributed by atoms with van der Waals surface area (Å²) < 4.78 is 4.89. The van der Waals surface area contributed by atoms with E-state index in [-0.39, 0.29) is 0 Å². The van der Waals surface area contributed by atoms with Gasteiger partial charge in [0, 0.05) is 51.4 Å². The van der Waals surface area contributed by atoms with E-state index >= 15 is 0 Å². The number of anilines is 3. The van der Waals surface area contributed by atoms with Crippen LogP contribution in [0.1, 0.15) is 64.2 Å². The van der Waals surface area contributed by atoms with Gasteiger partial charge in [0.1, 0.15) is 11.6 Å². The second kappa shape index (κ2) is 16.8. The molecule has 1 aromatic rings. The third-order valence-electron chi connectivity index (χ3n) is 8.56. The van der Waals surface area contributed by atoms with Crippen LogP contribution in [0.25, 0.3) is 0 Å². The topological polar surface area (TPSA) is 144 Å². The number of hydrogen-bond acceptors (Lipinski definition) is 11. The minimum Gasteiger partial charge on any atom is -0.383 e. The molecular formula is C27H51N8O3P. The molecule has 0 aromatic carbocycles. The summed E-state index contributed by atoms with van der Waals surface area (Å²) in [5.74, 6) is 3.41. The molecular weight excluding hydrogens is 515 g/mol. The molecule has 1 aromatic heterocycles. The number of hydrogen-bond donors (Lipinski definition) is 6. The van der Waals surface area contributed by atoms with E-state index in [1.165, 1.54) is 64.2 Å². The number of nitrogens with two attached hydrogens (primary N) is 1. The summed E-state index contributed by atoms with van der Waals surface area (Å²) in [6.45, 7) is 8.70. The van der Waals surface area contributed by atoms with E-state index in [0.717, 1.165) is 70.1 Å². The number of nitrogens with zero attached hydrogens (tertiary/aromatic N) is 4. The van der Waals surface area contributed by atoms with Gasteiger partial charge in [-0.1, -0.05) is 19.3 Å². The van der Waals surface area contributed by atoms with Crippen LogP contribution in [0, 0.1) is 11.8 Å². The molecule has 222 valence electrons. The highest BCUT2D eigenvalue weighted by Crippen LogP contribution is 2.29. The van der Waals surface area contributed by atoms with Crippen molar-refractivity contribution in [2.75, 3.05) is 81.5 Å². The smallest absolute Gasteiger partial charge is 0.327 e. The monoisotopic (exact) mass is 566 g/mol. The molecule has 0 bridgehead atoms. The fourth-order valence-electron chi connectivity index (χ4n) is 6.15. The molecule has 1 saturated heterocycles. The Bertz CT molecular complexity index is 816. The van der Waals surface area contributed by atoms with Gasteiger partial charge in [0.25, 0.3) is 0 Å². The first-order chi connectivity index (χ1) is 19.0. The Morgan fingerprint density at radius 3 is 2.36 bits per heavy atom. The number of aromatic nitrogens is 2.